The molecule has 0 aromatic carbocycles. The fourth-order valence-electron chi connectivity index (χ4n) is 1.29. The van der Waals surface area contributed by atoms with E-state index in [0.29, 0.717) is 17.9 Å². The van der Waals surface area contributed by atoms with Gasteiger partial charge in [0, 0.05) is 6.04 Å². The van der Waals surface area contributed by atoms with Crippen molar-refractivity contribution in [2.45, 2.75) is 25.8 Å². The first kappa shape index (κ1) is 12.0. The Morgan fingerprint density at radius 1 is 1.69 bits per heavy atom. The summed E-state index contributed by atoms with van der Waals surface area (Å²) in [6, 6.07) is 6.79. The van der Waals surface area contributed by atoms with Gasteiger partial charge < -0.3 is 10.4 Å². The smallest absolute Gasteiger partial charge is 0.305 e. The highest BCUT2D eigenvalue weighted by atomic mass is 16.4. The monoisotopic (exact) mass is 219 g/mol. The lowest BCUT2D eigenvalue weighted by Gasteiger charge is -2.15. The maximum Gasteiger partial charge on any atom is 0.305 e. The van der Waals surface area contributed by atoms with Gasteiger partial charge in [0.2, 0.25) is 0 Å². The summed E-state index contributed by atoms with van der Waals surface area (Å²) in [4.78, 5) is 14.6. The van der Waals surface area contributed by atoms with E-state index in [0.717, 1.165) is 0 Å². The molecule has 5 nitrogen and oxygen atoms in total. The first-order valence-corrected chi connectivity index (χ1v) is 5.01. The number of hydrogen-bond acceptors (Lipinski definition) is 4. The second-order valence-electron chi connectivity index (χ2n) is 3.37. The average molecular weight is 219 g/mol. The van der Waals surface area contributed by atoms with Crippen LogP contribution in [0.1, 0.15) is 25.5 Å². The number of aliphatic carboxylic acids is 1. The van der Waals surface area contributed by atoms with Gasteiger partial charge in [-0.05, 0) is 18.6 Å². The van der Waals surface area contributed by atoms with Crippen LogP contribution in [0.4, 0.5) is 5.82 Å². The molecule has 0 saturated carbocycles. The van der Waals surface area contributed by atoms with E-state index in [1.807, 2.05) is 13.0 Å². The van der Waals surface area contributed by atoms with Crippen molar-refractivity contribution in [1.82, 2.24) is 4.98 Å². The summed E-state index contributed by atoms with van der Waals surface area (Å²) < 4.78 is 0. The Kier molecular flexibility index (Phi) is 4.28. The number of pyridine rings is 1. The van der Waals surface area contributed by atoms with Gasteiger partial charge in [0.15, 0.2) is 0 Å². The van der Waals surface area contributed by atoms with Crippen LogP contribution in [-0.4, -0.2) is 22.1 Å². The molecule has 1 aromatic heterocycles. The standard InChI is InChI=1S/C11H13N3O2/c1-2-8(6-11(15)16)13-10-5-3-4-9(7-12)14-10/h3-5,8H,2,6H2,1H3,(H,13,14)(H,15,16). The maximum absolute atomic E-state index is 10.6. The highest BCUT2D eigenvalue weighted by Crippen LogP contribution is 2.09. The van der Waals surface area contributed by atoms with Gasteiger partial charge in [-0.15, -0.1) is 0 Å². The second-order valence-corrected chi connectivity index (χ2v) is 3.37. The number of nitriles is 1. The largest absolute Gasteiger partial charge is 0.481 e. The van der Waals surface area contributed by atoms with Crippen molar-refractivity contribution in [2.75, 3.05) is 5.32 Å². The Bertz CT molecular complexity index is 412. The predicted molar refractivity (Wildman–Crippen MR) is 58.9 cm³/mol. The van der Waals surface area contributed by atoms with Crippen LogP contribution in [0.25, 0.3) is 0 Å². The van der Waals surface area contributed by atoms with Crippen molar-refractivity contribution < 1.29 is 9.90 Å². The van der Waals surface area contributed by atoms with Gasteiger partial charge >= 0.3 is 5.97 Å². The lowest BCUT2D eigenvalue weighted by atomic mass is 10.1. The lowest BCUT2D eigenvalue weighted by molar-refractivity contribution is -0.137. The third-order valence-corrected chi connectivity index (χ3v) is 2.13. The van der Waals surface area contributed by atoms with Gasteiger partial charge in [0.05, 0.1) is 6.42 Å². The molecule has 1 rings (SSSR count). The zero-order valence-electron chi connectivity index (χ0n) is 8.97. The quantitative estimate of drug-likeness (QED) is 0.785. The van der Waals surface area contributed by atoms with Crippen LogP contribution in [0.5, 0.6) is 0 Å². The van der Waals surface area contributed by atoms with Crippen LogP contribution >= 0.6 is 0 Å². The minimum Gasteiger partial charge on any atom is -0.481 e. The zero-order valence-corrected chi connectivity index (χ0v) is 8.97. The summed E-state index contributed by atoms with van der Waals surface area (Å²) in [5.74, 6) is -0.317. The van der Waals surface area contributed by atoms with E-state index in [9.17, 15) is 4.79 Å². The van der Waals surface area contributed by atoms with Gasteiger partial charge in [0.1, 0.15) is 17.6 Å². The number of hydrogen-bond donors (Lipinski definition) is 2. The molecule has 0 aliphatic rings. The van der Waals surface area contributed by atoms with Gasteiger partial charge in [-0.3, -0.25) is 4.79 Å². The second kappa shape index (κ2) is 5.71. The van der Waals surface area contributed by atoms with E-state index in [-0.39, 0.29) is 12.5 Å². The van der Waals surface area contributed by atoms with E-state index in [1.165, 1.54) is 0 Å². The number of nitrogens with zero attached hydrogens (tertiary/aromatic N) is 2. The summed E-state index contributed by atoms with van der Waals surface area (Å²) in [7, 11) is 0. The van der Waals surface area contributed by atoms with E-state index >= 15 is 0 Å². The Morgan fingerprint density at radius 3 is 3.00 bits per heavy atom. The Morgan fingerprint density at radius 2 is 2.44 bits per heavy atom. The number of anilines is 1. The van der Waals surface area contributed by atoms with Gasteiger partial charge in [0.25, 0.3) is 0 Å². The van der Waals surface area contributed by atoms with Crippen molar-refractivity contribution in [3.05, 3.63) is 23.9 Å². The SMILES string of the molecule is CCC(CC(=O)O)Nc1cccc(C#N)n1. The van der Waals surface area contributed by atoms with E-state index in [4.69, 9.17) is 10.4 Å². The van der Waals surface area contributed by atoms with E-state index in [1.54, 1.807) is 18.2 Å². The number of nitrogens with one attached hydrogen (secondary N) is 1. The predicted octanol–water partition coefficient (Wildman–Crippen LogP) is 1.62. The third kappa shape index (κ3) is 3.58. The fraction of sp³-hybridized carbons (Fsp3) is 0.364. The van der Waals surface area contributed by atoms with Crippen LogP contribution < -0.4 is 5.32 Å². The topological polar surface area (TPSA) is 86.0 Å². The van der Waals surface area contributed by atoms with Gasteiger partial charge in [-0.1, -0.05) is 13.0 Å². The summed E-state index contributed by atoms with van der Waals surface area (Å²) in [6.45, 7) is 1.90. The number of carboxylic acids is 1. The molecule has 0 saturated heterocycles. The molecule has 0 fully saturated rings. The summed E-state index contributed by atoms with van der Waals surface area (Å²) in [5.41, 5.74) is 0.315. The van der Waals surface area contributed by atoms with Crippen LogP contribution in [-0.2, 0) is 4.79 Å². The number of rotatable bonds is 5. The normalized spacial score (nSPS) is 11.5. The first-order valence-electron chi connectivity index (χ1n) is 5.01. The summed E-state index contributed by atoms with van der Waals surface area (Å²) >= 11 is 0. The summed E-state index contributed by atoms with van der Waals surface area (Å²) in [6.07, 6.45) is 0.722. The van der Waals surface area contributed by atoms with Gasteiger partial charge in [-0.2, -0.15) is 5.26 Å². The number of carbonyl (C=O) groups is 1. The molecule has 0 radical (unpaired) electrons. The first-order chi connectivity index (χ1) is 7.65. The molecule has 0 bridgehead atoms. The van der Waals surface area contributed by atoms with Crippen LogP contribution in [0.15, 0.2) is 18.2 Å². The Labute approximate surface area is 93.7 Å². The van der Waals surface area contributed by atoms with E-state index in [2.05, 4.69) is 10.3 Å². The van der Waals surface area contributed by atoms with Crippen LogP contribution in [0, 0.1) is 11.3 Å². The van der Waals surface area contributed by atoms with Crippen molar-refractivity contribution in [1.29, 1.82) is 5.26 Å². The van der Waals surface area contributed by atoms with Crippen molar-refractivity contribution >= 4 is 11.8 Å². The van der Waals surface area contributed by atoms with Crippen LogP contribution in [0.2, 0.25) is 0 Å². The minimum absolute atomic E-state index is 0.0367. The molecule has 1 aromatic rings. The Balaban J connectivity index is 2.70. The molecule has 2 N–H and O–H groups in total. The van der Waals surface area contributed by atoms with Crippen molar-refractivity contribution in [3.63, 3.8) is 0 Å². The van der Waals surface area contributed by atoms with Gasteiger partial charge in [-0.25, -0.2) is 4.98 Å². The maximum atomic E-state index is 10.6. The molecular weight excluding hydrogens is 206 g/mol. The molecule has 0 aliphatic heterocycles. The molecule has 5 heteroatoms. The lowest BCUT2D eigenvalue weighted by Crippen LogP contribution is -2.22. The average Bonchev–Trinajstić information content (AvgIpc) is 2.28. The molecule has 0 aliphatic carbocycles. The van der Waals surface area contributed by atoms with E-state index < -0.39 is 5.97 Å². The fourth-order valence-corrected chi connectivity index (χ4v) is 1.29. The number of aromatic nitrogens is 1. The molecule has 84 valence electrons. The Hall–Kier alpha value is -2.09. The van der Waals surface area contributed by atoms with Crippen LogP contribution in [0.3, 0.4) is 0 Å². The minimum atomic E-state index is -0.851. The molecule has 0 amide bonds. The molecule has 0 spiro atoms. The highest BCUT2D eigenvalue weighted by Gasteiger charge is 2.11. The third-order valence-electron chi connectivity index (χ3n) is 2.13. The molecule has 1 atom stereocenters. The summed E-state index contributed by atoms with van der Waals surface area (Å²) in [5, 5.41) is 20.3. The number of carboxylic acid groups (broad SMARTS) is 1. The molecule has 1 heterocycles. The molecule has 16 heavy (non-hydrogen) atoms. The molecule has 1 unspecified atom stereocenters. The zero-order chi connectivity index (χ0) is 12.0. The van der Waals surface area contributed by atoms with Crippen molar-refractivity contribution in [3.8, 4) is 6.07 Å². The molecular formula is C11H13N3O2. The van der Waals surface area contributed by atoms with Crippen molar-refractivity contribution in [2.24, 2.45) is 0 Å². The highest BCUT2D eigenvalue weighted by molar-refractivity contribution is 5.68.